The molecular weight excluding hydrogens is 238 g/mol. The van der Waals surface area contributed by atoms with Crippen LogP contribution in [0.4, 0.5) is 5.69 Å². The van der Waals surface area contributed by atoms with E-state index in [9.17, 15) is 8.42 Å². The number of hydrogen-bond acceptors (Lipinski definition) is 3. The molecule has 17 heavy (non-hydrogen) atoms. The molecule has 6 heteroatoms. The number of benzene rings is 1. The molecule has 0 atom stereocenters. The van der Waals surface area contributed by atoms with Crippen LogP contribution in [-0.4, -0.2) is 18.6 Å². The van der Waals surface area contributed by atoms with Crippen LogP contribution in [0.2, 0.25) is 0 Å². The summed E-state index contributed by atoms with van der Waals surface area (Å²) in [6.07, 6.45) is 4.39. The van der Waals surface area contributed by atoms with Gasteiger partial charge in [-0.05, 0) is 11.6 Å². The minimum atomic E-state index is -3.49. The second-order valence-electron chi connectivity index (χ2n) is 3.35. The Kier molecular flexibility index (Phi) is 3.24. The summed E-state index contributed by atoms with van der Waals surface area (Å²) in [5.41, 5.74) is 1.23. The minimum absolute atomic E-state index is 0.405. The van der Waals surface area contributed by atoms with E-state index in [2.05, 4.69) is 14.9 Å². The van der Waals surface area contributed by atoms with Gasteiger partial charge < -0.3 is 0 Å². The van der Waals surface area contributed by atoms with Gasteiger partial charge in [0.1, 0.15) is 0 Å². The van der Waals surface area contributed by atoms with Gasteiger partial charge in [0.15, 0.2) is 0 Å². The predicted molar refractivity (Wildman–Crippen MR) is 66.6 cm³/mol. The molecule has 0 unspecified atom stereocenters. The zero-order valence-electron chi connectivity index (χ0n) is 8.87. The van der Waals surface area contributed by atoms with Gasteiger partial charge in [-0.1, -0.05) is 30.3 Å². The highest BCUT2D eigenvalue weighted by Gasteiger charge is 2.05. The molecule has 0 radical (unpaired) electrons. The predicted octanol–water partition coefficient (Wildman–Crippen LogP) is 1.82. The lowest BCUT2D eigenvalue weighted by Crippen LogP contribution is -2.07. The van der Waals surface area contributed by atoms with Crippen molar-refractivity contribution in [1.82, 2.24) is 10.2 Å². The van der Waals surface area contributed by atoms with Crippen LogP contribution in [0.15, 0.2) is 48.1 Å². The first kappa shape index (κ1) is 11.4. The van der Waals surface area contributed by atoms with Crippen LogP contribution < -0.4 is 4.72 Å². The zero-order valence-corrected chi connectivity index (χ0v) is 9.68. The lowest BCUT2D eigenvalue weighted by Gasteiger charge is -1.99. The Hall–Kier alpha value is -2.08. The van der Waals surface area contributed by atoms with Gasteiger partial charge >= 0.3 is 0 Å². The van der Waals surface area contributed by atoms with Crippen LogP contribution in [0.5, 0.6) is 0 Å². The summed E-state index contributed by atoms with van der Waals surface area (Å²) < 4.78 is 25.6. The van der Waals surface area contributed by atoms with E-state index in [0.717, 1.165) is 11.0 Å². The largest absolute Gasteiger partial charge is 0.284 e. The van der Waals surface area contributed by atoms with Crippen molar-refractivity contribution in [2.75, 3.05) is 4.72 Å². The summed E-state index contributed by atoms with van der Waals surface area (Å²) in [4.78, 5) is 0. The van der Waals surface area contributed by atoms with Crippen molar-refractivity contribution in [1.29, 1.82) is 0 Å². The van der Waals surface area contributed by atoms with E-state index in [1.165, 1.54) is 18.5 Å². The fraction of sp³-hybridized carbons (Fsp3) is 0. The minimum Gasteiger partial charge on any atom is -0.284 e. The molecule has 0 spiro atoms. The fourth-order valence-electron chi connectivity index (χ4n) is 1.24. The number of rotatable bonds is 4. The molecule has 0 saturated carbocycles. The molecule has 1 aromatic carbocycles. The van der Waals surface area contributed by atoms with Gasteiger partial charge in [0.25, 0.3) is 10.0 Å². The van der Waals surface area contributed by atoms with Crippen LogP contribution >= 0.6 is 0 Å². The van der Waals surface area contributed by atoms with Gasteiger partial charge in [0.05, 0.1) is 17.3 Å². The van der Waals surface area contributed by atoms with E-state index in [1.54, 1.807) is 0 Å². The van der Waals surface area contributed by atoms with Crippen molar-refractivity contribution < 1.29 is 8.42 Å². The first-order valence-corrected chi connectivity index (χ1v) is 6.45. The fourth-order valence-corrected chi connectivity index (χ4v) is 2.08. The molecule has 0 aliphatic carbocycles. The van der Waals surface area contributed by atoms with Gasteiger partial charge in [0, 0.05) is 6.20 Å². The third-order valence-corrected chi connectivity index (χ3v) is 3.01. The molecule has 0 aliphatic rings. The summed E-state index contributed by atoms with van der Waals surface area (Å²) in [5, 5.41) is 7.29. The Morgan fingerprint density at radius 2 is 2.00 bits per heavy atom. The lowest BCUT2D eigenvalue weighted by molar-refractivity contribution is 0.609. The third-order valence-electron chi connectivity index (χ3n) is 2.00. The average molecular weight is 249 g/mol. The lowest BCUT2D eigenvalue weighted by atomic mass is 10.2. The molecule has 0 saturated heterocycles. The van der Waals surface area contributed by atoms with E-state index in [0.29, 0.717) is 5.69 Å². The standard InChI is InChI=1S/C11H11N3O2S/c15-17(16,14-11-8-12-13-9-11)7-6-10-4-2-1-3-5-10/h1-9,14H,(H,12,13)/b7-6+. The SMILES string of the molecule is O=S(=O)(/C=C/c1ccccc1)Nc1cn[nH]c1. The quantitative estimate of drug-likeness (QED) is 0.868. The highest BCUT2D eigenvalue weighted by atomic mass is 32.2. The maximum Gasteiger partial charge on any atom is 0.255 e. The zero-order chi connectivity index (χ0) is 12.1. The number of nitrogens with one attached hydrogen (secondary N) is 2. The summed E-state index contributed by atoms with van der Waals surface area (Å²) >= 11 is 0. The first-order chi connectivity index (χ1) is 8.16. The summed E-state index contributed by atoms with van der Waals surface area (Å²) in [7, 11) is -3.49. The van der Waals surface area contributed by atoms with Crippen LogP contribution in [0.25, 0.3) is 6.08 Å². The molecule has 0 aliphatic heterocycles. The Balaban J connectivity index is 2.10. The molecule has 1 heterocycles. The van der Waals surface area contributed by atoms with Crippen LogP contribution in [0, 0.1) is 0 Å². The number of hydrogen-bond donors (Lipinski definition) is 2. The first-order valence-electron chi connectivity index (χ1n) is 4.90. The Labute approximate surface area is 99.2 Å². The molecule has 0 fully saturated rings. The van der Waals surface area contributed by atoms with Crippen molar-refractivity contribution in [3.05, 3.63) is 53.7 Å². The van der Waals surface area contributed by atoms with Gasteiger partial charge in [0.2, 0.25) is 0 Å². The maximum absolute atomic E-state index is 11.6. The molecule has 2 N–H and O–H groups in total. The average Bonchev–Trinajstić information content (AvgIpc) is 2.80. The van der Waals surface area contributed by atoms with Gasteiger partial charge in [-0.25, -0.2) is 8.42 Å². The molecule has 88 valence electrons. The Morgan fingerprint density at radius 3 is 2.65 bits per heavy atom. The molecule has 5 nitrogen and oxygen atoms in total. The van der Waals surface area contributed by atoms with Crippen molar-refractivity contribution in [3.63, 3.8) is 0 Å². The topological polar surface area (TPSA) is 74.8 Å². The summed E-state index contributed by atoms with van der Waals surface area (Å²) in [5.74, 6) is 0. The number of H-pyrrole nitrogens is 1. The number of nitrogens with zero attached hydrogens (tertiary/aromatic N) is 1. The van der Waals surface area contributed by atoms with Crippen molar-refractivity contribution in [3.8, 4) is 0 Å². The summed E-state index contributed by atoms with van der Waals surface area (Å²) in [6, 6.07) is 9.20. The second kappa shape index (κ2) is 4.84. The highest BCUT2D eigenvalue weighted by Crippen LogP contribution is 2.08. The number of aromatic nitrogens is 2. The molecule has 1 aromatic heterocycles. The van der Waals surface area contributed by atoms with E-state index in [4.69, 9.17) is 0 Å². The number of aromatic amines is 1. The smallest absolute Gasteiger partial charge is 0.255 e. The molecule has 0 amide bonds. The Bertz CT molecular complexity index is 589. The van der Waals surface area contributed by atoms with E-state index in [1.807, 2.05) is 30.3 Å². The van der Waals surface area contributed by atoms with Crippen LogP contribution in [0.3, 0.4) is 0 Å². The van der Waals surface area contributed by atoms with Crippen LogP contribution in [0.1, 0.15) is 5.56 Å². The maximum atomic E-state index is 11.6. The summed E-state index contributed by atoms with van der Waals surface area (Å²) in [6.45, 7) is 0. The van der Waals surface area contributed by atoms with Gasteiger partial charge in [-0.2, -0.15) is 5.10 Å². The second-order valence-corrected chi connectivity index (χ2v) is 4.91. The van der Waals surface area contributed by atoms with E-state index >= 15 is 0 Å². The highest BCUT2D eigenvalue weighted by molar-refractivity contribution is 7.95. The molecular formula is C11H11N3O2S. The number of sulfonamides is 1. The number of anilines is 1. The van der Waals surface area contributed by atoms with Crippen LogP contribution in [-0.2, 0) is 10.0 Å². The normalized spacial score (nSPS) is 11.8. The van der Waals surface area contributed by atoms with Crippen molar-refractivity contribution in [2.24, 2.45) is 0 Å². The van der Waals surface area contributed by atoms with Gasteiger partial charge in [-0.3, -0.25) is 9.82 Å². The van der Waals surface area contributed by atoms with Crippen molar-refractivity contribution in [2.45, 2.75) is 0 Å². The molecule has 2 rings (SSSR count). The molecule has 0 bridgehead atoms. The third kappa shape index (κ3) is 3.46. The Morgan fingerprint density at radius 1 is 1.24 bits per heavy atom. The van der Waals surface area contributed by atoms with E-state index in [-0.39, 0.29) is 0 Å². The van der Waals surface area contributed by atoms with Crippen molar-refractivity contribution >= 4 is 21.8 Å². The van der Waals surface area contributed by atoms with Gasteiger partial charge in [-0.15, -0.1) is 0 Å². The molecule has 2 aromatic rings. The van der Waals surface area contributed by atoms with E-state index < -0.39 is 10.0 Å². The monoisotopic (exact) mass is 249 g/mol.